The minimum Gasteiger partial charge on any atom is -0.340 e. The van der Waals surface area contributed by atoms with Crippen LogP contribution in [0.3, 0.4) is 0 Å². The molecule has 1 aliphatic heterocycles. The maximum Gasteiger partial charge on any atom is 0.138 e. The van der Waals surface area contributed by atoms with E-state index in [1.54, 1.807) is 0 Å². The second-order valence-corrected chi connectivity index (χ2v) is 5.01. The number of hydrogen-bond donors (Lipinski definition) is 1. The molecule has 1 aromatic heterocycles. The topological polar surface area (TPSA) is 37.8 Å². The van der Waals surface area contributed by atoms with Gasteiger partial charge in [-0.25, -0.2) is 9.97 Å². The van der Waals surface area contributed by atoms with Gasteiger partial charge >= 0.3 is 0 Å². The van der Waals surface area contributed by atoms with Crippen LogP contribution in [-0.2, 0) is 11.5 Å². The van der Waals surface area contributed by atoms with Crippen LogP contribution in [0.5, 0.6) is 0 Å². The molecule has 3 nitrogen and oxygen atoms in total. The van der Waals surface area contributed by atoms with Gasteiger partial charge in [0.1, 0.15) is 11.6 Å². The van der Waals surface area contributed by atoms with Gasteiger partial charge in [0.15, 0.2) is 0 Å². The molecule has 1 aromatic carbocycles. The van der Waals surface area contributed by atoms with Gasteiger partial charge in [-0.05, 0) is 19.1 Å². The smallest absolute Gasteiger partial charge is 0.138 e. The lowest BCUT2D eigenvalue weighted by molar-refractivity contribution is 0.992. The summed E-state index contributed by atoms with van der Waals surface area (Å²) in [7, 11) is 0. The fraction of sp³-hybridized carbons (Fsp3) is 0.231. The van der Waals surface area contributed by atoms with E-state index in [0.29, 0.717) is 0 Å². The lowest BCUT2D eigenvalue weighted by Gasteiger charge is -2.10. The van der Waals surface area contributed by atoms with Gasteiger partial charge in [-0.3, -0.25) is 0 Å². The summed E-state index contributed by atoms with van der Waals surface area (Å²) in [6.45, 7) is 1.94. The van der Waals surface area contributed by atoms with E-state index in [4.69, 9.17) is 0 Å². The van der Waals surface area contributed by atoms with Gasteiger partial charge in [0.05, 0.1) is 5.69 Å². The number of thioether (sulfide) groups is 1. The number of hydrogen-bond acceptors (Lipinski definition) is 4. The van der Waals surface area contributed by atoms with Crippen LogP contribution in [0, 0.1) is 6.92 Å². The highest BCUT2D eigenvalue weighted by Gasteiger charge is 2.18. The lowest BCUT2D eigenvalue weighted by Crippen LogP contribution is -2.03. The Bertz CT molecular complexity index is 540. The highest BCUT2D eigenvalue weighted by atomic mass is 32.2. The zero-order valence-electron chi connectivity index (χ0n) is 9.60. The molecule has 0 saturated carbocycles. The van der Waals surface area contributed by atoms with Gasteiger partial charge in [0.25, 0.3) is 0 Å². The Labute approximate surface area is 105 Å². The summed E-state index contributed by atoms with van der Waals surface area (Å²) in [6.07, 6.45) is 0. The third-order valence-corrected chi connectivity index (χ3v) is 3.70. The average Bonchev–Trinajstić information content (AvgIpc) is 2.78. The summed E-state index contributed by atoms with van der Waals surface area (Å²) in [5.41, 5.74) is 3.51. The fourth-order valence-electron chi connectivity index (χ4n) is 1.94. The van der Waals surface area contributed by atoms with E-state index in [9.17, 15) is 0 Å². The van der Waals surface area contributed by atoms with Crippen LogP contribution in [0.15, 0.2) is 30.3 Å². The van der Waals surface area contributed by atoms with Gasteiger partial charge < -0.3 is 5.32 Å². The number of para-hydroxylation sites is 1. The number of anilines is 2. The minimum absolute atomic E-state index is 0.838. The molecule has 0 aliphatic carbocycles. The monoisotopic (exact) mass is 243 g/mol. The van der Waals surface area contributed by atoms with Crippen molar-refractivity contribution in [2.45, 2.75) is 18.4 Å². The van der Waals surface area contributed by atoms with E-state index < -0.39 is 0 Å². The lowest BCUT2D eigenvalue weighted by atomic mass is 10.2. The molecule has 2 aromatic rings. The SMILES string of the molecule is Cc1nc2c(c(Nc3ccccc3)n1)CSC2. The molecule has 0 radical (unpaired) electrons. The standard InChI is InChI=1S/C13H13N3S/c1-9-14-12-8-17-7-11(12)13(15-9)16-10-5-3-2-4-6-10/h2-6H,7-8H2,1H3,(H,14,15,16). The molecule has 86 valence electrons. The molecule has 2 heterocycles. The van der Waals surface area contributed by atoms with Gasteiger partial charge in [-0.2, -0.15) is 11.8 Å². The minimum atomic E-state index is 0.838. The molecule has 0 fully saturated rings. The molecule has 3 rings (SSSR count). The van der Waals surface area contributed by atoms with Crippen LogP contribution in [0.2, 0.25) is 0 Å². The molecule has 0 atom stereocenters. The normalized spacial score (nSPS) is 13.5. The molecule has 0 saturated heterocycles. The number of rotatable bonds is 2. The number of nitrogens with zero attached hydrogens (tertiary/aromatic N) is 2. The molecule has 1 aliphatic rings. The summed E-state index contributed by atoms with van der Waals surface area (Å²) >= 11 is 1.89. The van der Waals surface area contributed by atoms with Crippen LogP contribution in [0.1, 0.15) is 17.1 Å². The zero-order valence-corrected chi connectivity index (χ0v) is 10.4. The third kappa shape index (κ3) is 2.13. The van der Waals surface area contributed by atoms with Crippen molar-refractivity contribution in [2.24, 2.45) is 0 Å². The first-order valence-corrected chi connectivity index (χ1v) is 6.74. The molecule has 17 heavy (non-hydrogen) atoms. The maximum absolute atomic E-state index is 4.50. The zero-order chi connectivity index (χ0) is 11.7. The number of benzene rings is 1. The summed E-state index contributed by atoms with van der Waals surface area (Å²) in [5.74, 6) is 3.81. The molecule has 0 bridgehead atoms. The van der Waals surface area contributed by atoms with Crippen LogP contribution in [0.25, 0.3) is 0 Å². The number of aryl methyl sites for hydroxylation is 1. The van der Waals surface area contributed by atoms with E-state index in [1.165, 1.54) is 11.3 Å². The second-order valence-electron chi connectivity index (χ2n) is 4.03. The van der Waals surface area contributed by atoms with Crippen molar-refractivity contribution < 1.29 is 0 Å². The Morgan fingerprint density at radius 2 is 1.94 bits per heavy atom. The first-order chi connectivity index (χ1) is 8.33. The Kier molecular flexibility index (Phi) is 2.73. The summed E-state index contributed by atoms with van der Waals surface area (Å²) in [6, 6.07) is 10.1. The van der Waals surface area contributed by atoms with Crippen molar-refractivity contribution in [3.8, 4) is 0 Å². The molecule has 0 amide bonds. The first kappa shape index (κ1) is 10.6. The quantitative estimate of drug-likeness (QED) is 0.878. The van der Waals surface area contributed by atoms with Crippen LogP contribution in [0.4, 0.5) is 11.5 Å². The van der Waals surface area contributed by atoms with Crippen molar-refractivity contribution in [3.63, 3.8) is 0 Å². The van der Waals surface area contributed by atoms with Crippen molar-refractivity contribution >= 4 is 23.3 Å². The van der Waals surface area contributed by atoms with E-state index in [0.717, 1.165) is 28.8 Å². The molecule has 0 spiro atoms. The van der Waals surface area contributed by atoms with E-state index in [1.807, 2.05) is 49.0 Å². The summed E-state index contributed by atoms with van der Waals surface area (Å²) < 4.78 is 0. The number of fused-ring (bicyclic) bond motifs is 1. The van der Waals surface area contributed by atoms with Crippen LogP contribution >= 0.6 is 11.8 Å². The molecule has 0 unspecified atom stereocenters. The molecular formula is C13H13N3S. The van der Waals surface area contributed by atoms with Crippen LogP contribution < -0.4 is 5.32 Å². The van der Waals surface area contributed by atoms with Gasteiger partial charge in [0, 0.05) is 22.8 Å². The highest BCUT2D eigenvalue weighted by molar-refractivity contribution is 7.98. The average molecular weight is 243 g/mol. The summed E-state index contributed by atoms with van der Waals surface area (Å²) in [4.78, 5) is 8.99. The van der Waals surface area contributed by atoms with E-state index in [-0.39, 0.29) is 0 Å². The van der Waals surface area contributed by atoms with E-state index in [2.05, 4.69) is 15.3 Å². The van der Waals surface area contributed by atoms with E-state index >= 15 is 0 Å². The Morgan fingerprint density at radius 1 is 1.12 bits per heavy atom. The van der Waals surface area contributed by atoms with Crippen molar-refractivity contribution in [2.75, 3.05) is 5.32 Å². The van der Waals surface area contributed by atoms with Crippen molar-refractivity contribution in [3.05, 3.63) is 47.4 Å². The fourth-order valence-corrected chi connectivity index (χ4v) is 2.98. The third-order valence-electron chi connectivity index (χ3n) is 2.73. The highest BCUT2D eigenvalue weighted by Crippen LogP contribution is 2.33. The Balaban J connectivity index is 1.98. The summed E-state index contributed by atoms with van der Waals surface area (Å²) in [5, 5.41) is 3.38. The second kappa shape index (κ2) is 4.37. The van der Waals surface area contributed by atoms with Crippen molar-refractivity contribution in [1.82, 2.24) is 9.97 Å². The molecule has 4 heteroatoms. The predicted octanol–water partition coefficient (Wildman–Crippen LogP) is 3.28. The molecular weight excluding hydrogens is 230 g/mol. The van der Waals surface area contributed by atoms with Crippen LogP contribution in [-0.4, -0.2) is 9.97 Å². The van der Waals surface area contributed by atoms with Gasteiger partial charge in [-0.1, -0.05) is 18.2 Å². The Hall–Kier alpha value is -1.55. The van der Waals surface area contributed by atoms with Gasteiger partial charge in [-0.15, -0.1) is 0 Å². The van der Waals surface area contributed by atoms with Crippen molar-refractivity contribution in [1.29, 1.82) is 0 Å². The molecule has 1 N–H and O–H groups in total. The Morgan fingerprint density at radius 3 is 2.76 bits per heavy atom. The largest absolute Gasteiger partial charge is 0.340 e. The first-order valence-electron chi connectivity index (χ1n) is 5.59. The maximum atomic E-state index is 4.50. The number of aromatic nitrogens is 2. The predicted molar refractivity (Wildman–Crippen MR) is 71.5 cm³/mol. The van der Waals surface area contributed by atoms with Gasteiger partial charge in [0.2, 0.25) is 0 Å². The number of nitrogens with one attached hydrogen (secondary N) is 1.